The molecule has 2 aromatic carbocycles. The maximum atomic E-state index is 12.3. The number of fused-ring (bicyclic) bond motifs is 1. The van der Waals surface area contributed by atoms with Crippen LogP contribution in [0, 0.1) is 0 Å². The first-order valence-corrected chi connectivity index (χ1v) is 8.98. The molecule has 128 valence electrons. The van der Waals surface area contributed by atoms with Crippen molar-refractivity contribution in [1.82, 2.24) is 9.88 Å². The second-order valence-corrected chi connectivity index (χ2v) is 6.69. The molecule has 25 heavy (non-hydrogen) atoms. The van der Waals surface area contributed by atoms with E-state index >= 15 is 0 Å². The van der Waals surface area contributed by atoms with Gasteiger partial charge in [0.25, 0.3) is 0 Å². The van der Waals surface area contributed by atoms with E-state index in [-0.39, 0.29) is 5.91 Å². The van der Waals surface area contributed by atoms with Crippen LogP contribution in [0.2, 0.25) is 0 Å². The highest BCUT2D eigenvalue weighted by atomic mass is 32.1. The van der Waals surface area contributed by atoms with Crippen molar-refractivity contribution >= 4 is 33.5 Å². The second kappa shape index (κ2) is 7.94. The number of carbonyl (C=O) groups excluding carboxylic acids is 1. The molecule has 0 aliphatic carbocycles. The molecule has 1 heterocycles. The van der Waals surface area contributed by atoms with Crippen LogP contribution in [-0.4, -0.2) is 29.4 Å². The summed E-state index contributed by atoms with van der Waals surface area (Å²) in [6.45, 7) is 3.15. The molecule has 4 nitrogen and oxygen atoms in total. The van der Waals surface area contributed by atoms with Gasteiger partial charge >= 0.3 is 0 Å². The van der Waals surface area contributed by atoms with Crippen LogP contribution in [0.1, 0.15) is 17.5 Å². The molecule has 0 radical (unpaired) electrons. The van der Waals surface area contributed by atoms with Crippen molar-refractivity contribution in [2.24, 2.45) is 0 Å². The quantitative estimate of drug-likeness (QED) is 0.619. The minimum atomic E-state index is -0.0480. The minimum absolute atomic E-state index is 0.0480. The number of hydrogen-bond donors (Lipinski definition) is 0. The van der Waals surface area contributed by atoms with Gasteiger partial charge in [-0.1, -0.05) is 24.3 Å². The molecule has 5 heteroatoms. The van der Waals surface area contributed by atoms with E-state index in [9.17, 15) is 4.79 Å². The molecular weight excluding hydrogens is 332 g/mol. The third-order valence-electron chi connectivity index (χ3n) is 3.71. The van der Waals surface area contributed by atoms with Gasteiger partial charge < -0.3 is 9.64 Å². The first-order chi connectivity index (χ1) is 12.2. The van der Waals surface area contributed by atoms with Gasteiger partial charge in [0.1, 0.15) is 10.8 Å². The topological polar surface area (TPSA) is 42.4 Å². The van der Waals surface area contributed by atoms with Crippen LogP contribution in [0.4, 0.5) is 0 Å². The van der Waals surface area contributed by atoms with Crippen LogP contribution >= 0.6 is 11.3 Å². The van der Waals surface area contributed by atoms with Gasteiger partial charge in [-0.2, -0.15) is 0 Å². The highest BCUT2D eigenvalue weighted by Crippen LogP contribution is 2.22. The number of nitrogens with zero attached hydrogens (tertiary/aromatic N) is 2. The number of aromatic nitrogens is 1. The fraction of sp³-hybridized carbons (Fsp3) is 0.200. The Morgan fingerprint density at radius 1 is 1.20 bits per heavy atom. The molecule has 0 spiro atoms. The Balaban J connectivity index is 1.61. The molecule has 1 aromatic heterocycles. The van der Waals surface area contributed by atoms with E-state index in [2.05, 4.69) is 4.98 Å². The third kappa shape index (κ3) is 4.45. The van der Waals surface area contributed by atoms with E-state index in [1.54, 1.807) is 35.4 Å². The van der Waals surface area contributed by atoms with Gasteiger partial charge in [-0.25, -0.2) is 4.98 Å². The van der Waals surface area contributed by atoms with E-state index in [1.807, 2.05) is 55.5 Å². The molecule has 0 aliphatic rings. The number of ether oxygens (including phenoxy) is 1. The van der Waals surface area contributed by atoms with Gasteiger partial charge in [-0.05, 0) is 42.8 Å². The molecule has 0 bridgehead atoms. The Morgan fingerprint density at radius 3 is 2.68 bits per heavy atom. The predicted octanol–water partition coefficient (Wildman–Crippen LogP) is 4.37. The third-order valence-corrected chi connectivity index (χ3v) is 4.71. The SMILES string of the molecule is CCOc1ccc(CN(C)C(=O)C=Cc2nc3ccccc3s2)cc1. The summed E-state index contributed by atoms with van der Waals surface area (Å²) in [7, 11) is 1.79. The number of carbonyl (C=O) groups is 1. The lowest BCUT2D eigenvalue weighted by Crippen LogP contribution is -2.24. The lowest BCUT2D eigenvalue weighted by molar-refractivity contribution is -0.125. The number of amides is 1. The van der Waals surface area contributed by atoms with Crippen LogP contribution in [0.15, 0.2) is 54.6 Å². The van der Waals surface area contributed by atoms with E-state index in [4.69, 9.17) is 4.74 Å². The lowest BCUT2D eigenvalue weighted by Gasteiger charge is -2.15. The van der Waals surface area contributed by atoms with Crippen LogP contribution in [0.5, 0.6) is 5.75 Å². The zero-order valence-corrected chi connectivity index (χ0v) is 15.1. The van der Waals surface area contributed by atoms with Gasteiger partial charge in [-0.3, -0.25) is 4.79 Å². The number of likely N-dealkylation sites (N-methyl/N-ethyl adjacent to an activating group) is 1. The van der Waals surface area contributed by atoms with Gasteiger partial charge in [-0.15, -0.1) is 11.3 Å². The Kier molecular flexibility index (Phi) is 5.46. The van der Waals surface area contributed by atoms with Crippen molar-refractivity contribution in [3.05, 3.63) is 65.2 Å². The molecular formula is C20H20N2O2S. The van der Waals surface area contributed by atoms with Gasteiger partial charge in [0.05, 0.1) is 16.8 Å². The zero-order valence-electron chi connectivity index (χ0n) is 14.3. The van der Waals surface area contributed by atoms with Crippen molar-refractivity contribution in [2.75, 3.05) is 13.7 Å². The van der Waals surface area contributed by atoms with E-state index in [0.717, 1.165) is 26.5 Å². The standard InChI is InChI=1S/C20H20N2O2S/c1-3-24-16-10-8-15(9-11-16)14-22(2)20(23)13-12-19-21-17-6-4-5-7-18(17)25-19/h4-13H,3,14H2,1-2H3. The summed E-state index contributed by atoms with van der Waals surface area (Å²) in [5.74, 6) is 0.795. The van der Waals surface area contributed by atoms with Gasteiger partial charge in [0, 0.05) is 19.7 Å². The van der Waals surface area contributed by atoms with Crippen molar-refractivity contribution in [3.8, 4) is 5.75 Å². The summed E-state index contributed by atoms with van der Waals surface area (Å²) in [6.07, 6.45) is 3.36. The maximum absolute atomic E-state index is 12.3. The predicted molar refractivity (Wildman–Crippen MR) is 103 cm³/mol. The Labute approximate surface area is 151 Å². The average Bonchev–Trinajstić information content (AvgIpc) is 3.04. The fourth-order valence-corrected chi connectivity index (χ4v) is 3.31. The van der Waals surface area contributed by atoms with Crippen molar-refractivity contribution in [2.45, 2.75) is 13.5 Å². The van der Waals surface area contributed by atoms with Crippen molar-refractivity contribution < 1.29 is 9.53 Å². The average molecular weight is 352 g/mol. The molecule has 0 fully saturated rings. The number of hydrogen-bond acceptors (Lipinski definition) is 4. The molecule has 0 unspecified atom stereocenters. The molecule has 3 rings (SSSR count). The summed E-state index contributed by atoms with van der Waals surface area (Å²) in [5.41, 5.74) is 2.02. The van der Waals surface area contributed by atoms with E-state index in [0.29, 0.717) is 13.2 Å². The summed E-state index contributed by atoms with van der Waals surface area (Å²) in [5, 5.41) is 0.837. The van der Waals surface area contributed by atoms with Crippen LogP contribution < -0.4 is 4.74 Å². The Bertz CT molecular complexity index is 851. The zero-order chi connectivity index (χ0) is 17.6. The molecule has 0 saturated carbocycles. The Morgan fingerprint density at radius 2 is 1.96 bits per heavy atom. The van der Waals surface area contributed by atoms with Crippen LogP contribution in [0.3, 0.4) is 0 Å². The van der Waals surface area contributed by atoms with Gasteiger partial charge in [0.2, 0.25) is 5.91 Å². The van der Waals surface area contributed by atoms with Crippen molar-refractivity contribution in [1.29, 1.82) is 0 Å². The summed E-state index contributed by atoms with van der Waals surface area (Å²) < 4.78 is 6.55. The highest BCUT2D eigenvalue weighted by molar-refractivity contribution is 7.19. The molecule has 0 N–H and O–H groups in total. The summed E-state index contributed by atoms with van der Waals surface area (Å²) in [6, 6.07) is 15.8. The Hall–Kier alpha value is -2.66. The minimum Gasteiger partial charge on any atom is -0.494 e. The largest absolute Gasteiger partial charge is 0.494 e. The molecule has 0 aliphatic heterocycles. The number of thiazole rings is 1. The maximum Gasteiger partial charge on any atom is 0.246 e. The highest BCUT2D eigenvalue weighted by Gasteiger charge is 2.07. The summed E-state index contributed by atoms with van der Waals surface area (Å²) in [4.78, 5) is 18.5. The lowest BCUT2D eigenvalue weighted by atomic mass is 10.2. The summed E-state index contributed by atoms with van der Waals surface area (Å²) >= 11 is 1.58. The first-order valence-electron chi connectivity index (χ1n) is 8.16. The number of para-hydroxylation sites is 1. The molecule has 0 atom stereocenters. The first kappa shape index (κ1) is 17.2. The fourth-order valence-electron chi connectivity index (χ4n) is 2.44. The number of rotatable bonds is 6. The van der Waals surface area contributed by atoms with Crippen molar-refractivity contribution in [3.63, 3.8) is 0 Å². The molecule has 0 saturated heterocycles. The second-order valence-electron chi connectivity index (χ2n) is 5.62. The monoisotopic (exact) mass is 352 g/mol. The van der Waals surface area contributed by atoms with Crippen LogP contribution in [-0.2, 0) is 11.3 Å². The van der Waals surface area contributed by atoms with Crippen LogP contribution in [0.25, 0.3) is 16.3 Å². The number of benzene rings is 2. The van der Waals surface area contributed by atoms with E-state index < -0.39 is 0 Å². The van der Waals surface area contributed by atoms with Gasteiger partial charge in [0.15, 0.2) is 0 Å². The molecule has 3 aromatic rings. The normalized spacial score (nSPS) is 11.1. The smallest absolute Gasteiger partial charge is 0.246 e. The van der Waals surface area contributed by atoms with E-state index in [1.165, 1.54) is 0 Å². The molecule has 1 amide bonds.